The molecule has 0 spiro atoms. The maximum absolute atomic E-state index is 10.5. The SMILES string of the molecule is CC(=O)OCCCCCc1ccc([N+](=O)[O-])cc1. The van der Waals surface area contributed by atoms with Gasteiger partial charge in [0.05, 0.1) is 11.5 Å². The van der Waals surface area contributed by atoms with Crippen LogP contribution in [0.15, 0.2) is 24.3 Å². The van der Waals surface area contributed by atoms with Gasteiger partial charge in [-0.3, -0.25) is 14.9 Å². The molecule has 98 valence electrons. The van der Waals surface area contributed by atoms with E-state index in [0.717, 1.165) is 31.2 Å². The highest BCUT2D eigenvalue weighted by Gasteiger charge is 2.03. The Labute approximate surface area is 106 Å². The standard InChI is InChI=1S/C13H17NO4/c1-11(15)18-10-4-2-3-5-12-6-8-13(9-7-12)14(16)17/h6-9H,2-5,10H2,1H3. The van der Waals surface area contributed by atoms with Crippen molar-refractivity contribution in [3.8, 4) is 0 Å². The third-order valence-corrected chi connectivity index (χ3v) is 2.56. The van der Waals surface area contributed by atoms with E-state index in [0.29, 0.717) is 6.61 Å². The molecule has 0 N–H and O–H groups in total. The first kappa shape index (κ1) is 14.2. The van der Waals surface area contributed by atoms with Crippen molar-refractivity contribution in [3.05, 3.63) is 39.9 Å². The quantitative estimate of drug-likeness (QED) is 0.323. The minimum atomic E-state index is -0.400. The lowest BCUT2D eigenvalue weighted by atomic mass is 10.1. The predicted octanol–water partition coefficient (Wildman–Crippen LogP) is 2.87. The number of nitrogens with zero attached hydrogens (tertiary/aromatic N) is 1. The van der Waals surface area contributed by atoms with Gasteiger partial charge in [-0.15, -0.1) is 0 Å². The Morgan fingerprint density at radius 1 is 1.22 bits per heavy atom. The van der Waals surface area contributed by atoms with Crippen molar-refractivity contribution in [3.63, 3.8) is 0 Å². The molecule has 5 nitrogen and oxygen atoms in total. The van der Waals surface area contributed by atoms with Crippen LogP contribution in [-0.4, -0.2) is 17.5 Å². The largest absolute Gasteiger partial charge is 0.466 e. The normalized spacial score (nSPS) is 10.1. The van der Waals surface area contributed by atoms with Crippen LogP contribution in [0.2, 0.25) is 0 Å². The summed E-state index contributed by atoms with van der Waals surface area (Å²) in [6, 6.07) is 6.61. The van der Waals surface area contributed by atoms with Crippen molar-refractivity contribution < 1.29 is 14.5 Å². The zero-order valence-electron chi connectivity index (χ0n) is 10.4. The molecule has 0 saturated carbocycles. The van der Waals surface area contributed by atoms with Crippen LogP contribution in [0.5, 0.6) is 0 Å². The number of nitro benzene ring substituents is 1. The molecule has 0 aliphatic carbocycles. The summed E-state index contributed by atoms with van der Waals surface area (Å²) in [6.07, 6.45) is 3.70. The Hall–Kier alpha value is -1.91. The van der Waals surface area contributed by atoms with E-state index in [-0.39, 0.29) is 11.7 Å². The average molecular weight is 251 g/mol. The second-order valence-electron chi connectivity index (χ2n) is 4.07. The predicted molar refractivity (Wildman–Crippen MR) is 67.3 cm³/mol. The summed E-state index contributed by atoms with van der Waals surface area (Å²) in [4.78, 5) is 20.6. The summed E-state index contributed by atoms with van der Waals surface area (Å²) in [5.74, 6) is -0.245. The molecule has 0 bridgehead atoms. The topological polar surface area (TPSA) is 69.4 Å². The Kier molecular flexibility index (Phi) is 5.84. The van der Waals surface area contributed by atoms with Gasteiger partial charge >= 0.3 is 5.97 Å². The number of hydrogen-bond donors (Lipinski definition) is 0. The summed E-state index contributed by atoms with van der Waals surface area (Å²) in [7, 11) is 0. The fraction of sp³-hybridized carbons (Fsp3) is 0.462. The van der Waals surface area contributed by atoms with E-state index < -0.39 is 4.92 Å². The number of rotatable bonds is 7. The molecule has 0 unspecified atom stereocenters. The second-order valence-corrected chi connectivity index (χ2v) is 4.07. The number of nitro groups is 1. The summed E-state index contributed by atoms with van der Waals surface area (Å²) in [6.45, 7) is 1.87. The molecule has 1 aromatic carbocycles. The fourth-order valence-electron chi connectivity index (χ4n) is 1.61. The van der Waals surface area contributed by atoms with Gasteiger partial charge in [0, 0.05) is 19.1 Å². The Bertz CT molecular complexity index is 400. The van der Waals surface area contributed by atoms with E-state index in [1.165, 1.54) is 19.1 Å². The smallest absolute Gasteiger partial charge is 0.302 e. The van der Waals surface area contributed by atoms with Crippen molar-refractivity contribution in [2.75, 3.05) is 6.61 Å². The molecule has 0 heterocycles. The molecule has 18 heavy (non-hydrogen) atoms. The van der Waals surface area contributed by atoms with Crippen LogP contribution >= 0.6 is 0 Å². The molecule has 0 radical (unpaired) electrons. The number of unbranched alkanes of at least 4 members (excludes halogenated alkanes) is 2. The van der Waals surface area contributed by atoms with Crippen LogP contribution < -0.4 is 0 Å². The van der Waals surface area contributed by atoms with Crippen LogP contribution in [-0.2, 0) is 16.0 Å². The number of carbonyl (C=O) groups excluding carboxylic acids is 1. The first-order valence-corrected chi connectivity index (χ1v) is 5.96. The number of aryl methyl sites for hydroxylation is 1. The van der Waals surface area contributed by atoms with Gasteiger partial charge in [-0.2, -0.15) is 0 Å². The van der Waals surface area contributed by atoms with E-state index in [9.17, 15) is 14.9 Å². The van der Waals surface area contributed by atoms with Crippen LogP contribution in [0, 0.1) is 10.1 Å². The van der Waals surface area contributed by atoms with Gasteiger partial charge in [-0.25, -0.2) is 0 Å². The Morgan fingerprint density at radius 3 is 2.44 bits per heavy atom. The lowest BCUT2D eigenvalue weighted by molar-refractivity contribution is -0.384. The minimum absolute atomic E-state index is 0.119. The van der Waals surface area contributed by atoms with Crippen LogP contribution in [0.1, 0.15) is 31.7 Å². The minimum Gasteiger partial charge on any atom is -0.466 e. The first-order valence-electron chi connectivity index (χ1n) is 5.96. The van der Waals surface area contributed by atoms with Gasteiger partial charge in [-0.05, 0) is 31.2 Å². The van der Waals surface area contributed by atoms with Gasteiger partial charge in [0.15, 0.2) is 0 Å². The highest BCUT2D eigenvalue weighted by Crippen LogP contribution is 2.13. The number of esters is 1. The van der Waals surface area contributed by atoms with Gasteiger partial charge < -0.3 is 4.74 Å². The highest BCUT2D eigenvalue weighted by atomic mass is 16.6. The second kappa shape index (κ2) is 7.42. The van der Waals surface area contributed by atoms with Crippen LogP contribution in [0.25, 0.3) is 0 Å². The molecule has 0 aliphatic heterocycles. The summed E-state index contributed by atoms with van der Waals surface area (Å²) < 4.78 is 4.82. The zero-order valence-corrected chi connectivity index (χ0v) is 10.4. The van der Waals surface area contributed by atoms with E-state index >= 15 is 0 Å². The molecule has 5 heteroatoms. The maximum atomic E-state index is 10.5. The summed E-state index contributed by atoms with van der Waals surface area (Å²) in [5.41, 5.74) is 1.21. The van der Waals surface area contributed by atoms with Gasteiger partial charge in [0.2, 0.25) is 0 Å². The van der Waals surface area contributed by atoms with Crippen molar-refractivity contribution in [1.82, 2.24) is 0 Å². The molecule has 0 aliphatic rings. The third-order valence-electron chi connectivity index (χ3n) is 2.56. The van der Waals surface area contributed by atoms with Crippen LogP contribution in [0.3, 0.4) is 0 Å². The fourth-order valence-corrected chi connectivity index (χ4v) is 1.61. The monoisotopic (exact) mass is 251 g/mol. The van der Waals surface area contributed by atoms with Crippen LogP contribution in [0.4, 0.5) is 5.69 Å². The summed E-state index contributed by atoms with van der Waals surface area (Å²) in [5, 5.41) is 10.5. The van der Waals surface area contributed by atoms with Crippen molar-refractivity contribution >= 4 is 11.7 Å². The molecule has 0 atom stereocenters. The van der Waals surface area contributed by atoms with Gasteiger partial charge in [0.1, 0.15) is 0 Å². The zero-order chi connectivity index (χ0) is 13.4. The molecular weight excluding hydrogens is 234 g/mol. The molecule has 1 aromatic rings. The van der Waals surface area contributed by atoms with E-state index in [2.05, 4.69) is 0 Å². The number of non-ortho nitro benzene ring substituents is 1. The number of carbonyl (C=O) groups is 1. The van der Waals surface area contributed by atoms with Crippen molar-refractivity contribution in [2.24, 2.45) is 0 Å². The average Bonchev–Trinajstić information content (AvgIpc) is 2.34. The molecule has 0 amide bonds. The molecular formula is C13H17NO4. The first-order chi connectivity index (χ1) is 8.59. The Morgan fingerprint density at radius 2 is 1.89 bits per heavy atom. The van der Waals surface area contributed by atoms with Gasteiger partial charge in [0.25, 0.3) is 5.69 Å². The highest BCUT2D eigenvalue weighted by molar-refractivity contribution is 5.65. The molecule has 1 rings (SSSR count). The van der Waals surface area contributed by atoms with E-state index in [1.807, 2.05) is 0 Å². The Balaban J connectivity index is 2.19. The van der Waals surface area contributed by atoms with E-state index in [1.54, 1.807) is 12.1 Å². The van der Waals surface area contributed by atoms with E-state index in [4.69, 9.17) is 4.74 Å². The van der Waals surface area contributed by atoms with Crippen molar-refractivity contribution in [2.45, 2.75) is 32.6 Å². The number of ether oxygens (including phenoxy) is 1. The number of hydrogen-bond acceptors (Lipinski definition) is 4. The lowest BCUT2D eigenvalue weighted by Crippen LogP contribution is -2.00. The lowest BCUT2D eigenvalue weighted by Gasteiger charge is -2.02. The maximum Gasteiger partial charge on any atom is 0.302 e. The summed E-state index contributed by atoms with van der Waals surface area (Å²) >= 11 is 0. The molecule has 0 fully saturated rings. The number of benzene rings is 1. The van der Waals surface area contributed by atoms with Gasteiger partial charge in [-0.1, -0.05) is 12.1 Å². The molecule has 0 saturated heterocycles. The van der Waals surface area contributed by atoms with Crippen molar-refractivity contribution in [1.29, 1.82) is 0 Å². The third kappa shape index (κ3) is 5.43. The molecule has 0 aromatic heterocycles.